The Morgan fingerprint density at radius 2 is 2.03 bits per heavy atom. The Morgan fingerprint density at radius 3 is 2.90 bits per heavy atom. The van der Waals surface area contributed by atoms with Crippen LogP contribution in [0.2, 0.25) is 0 Å². The van der Waals surface area contributed by atoms with Crippen LogP contribution in [0, 0.1) is 0 Å². The van der Waals surface area contributed by atoms with Crippen molar-refractivity contribution in [2.45, 2.75) is 11.7 Å². The highest BCUT2D eigenvalue weighted by Crippen LogP contribution is 2.34. The first-order valence-corrected chi connectivity index (χ1v) is 10.2. The number of thioether (sulfide) groups is 1. The van der Waals surface area contributed by atoms with Crippen LogP contribution in [-0.4, -0.2) is 47.8 Å². The molecule has 1 aromatic heterocycles. The Hall–Kier alpha value is -3.24. The Kier molecular flexibility index (Phi) is 6.05. The summed E-state index contributed by atoms with van der Waals surface area (Å²) in [6, 6.07) is 12.1. The van der Waals surface area contributed by atoms with Gasteiger partial charge in [-0.05, 0) is 24.3 Å². The SMILES string of the molecule is COCCn1c(SCC(=O)NC(=O)Nc2ccc3c(c2)OCO3)nc2ccccc21. The van der Waals surface area contributed by atoms with E-state index in [1.54, 1.807) is 25.3 Å². The predicted octanol–water partition coefficient (Wildman–Crippen LogP) is 2.85. The molecule has 1 aliphatic rings. The first-order chi connectivity index (χ1) is 14.6. The lowest BCUT2D eigenvalue weighted by molar-refractivity contribution is -0.117. The van der Waals surface area contributed by atoms with Crippen molar-refractivity contribution in [1.29, 1.82) is 0 Å². The molecule has 30 heavy (non-hydrogen) atoms. The second-order valence-electron chi connectivity index (χ2n) is 6.39. The third-order valence-electron chi connectivity index (χ3n) is 4.35. The number of anilines is 1. The molecular formula is C20H20N4O5S. The van der Waals surface area contributed by atoms with Gasteiger partial charge in [0, 0.05) is 25.4 Å². The third-order valence-corrected chi connectivity index (χ3v) is 5.33. The van der Waals surface area contributed by atoms with Crippen LogP contribution >= 0.6 is 11.8 Å². The Balaban J connectivity index is 1.35. The monoisotopic (exact) mass is 428 g/mol. The molecule has 2 heterocycles. The Bertz CT molecular complexity index is 1080. The van der Waals surface area contributed by atoms with E-state index in [1.807, 2.05) is 28.8 Å². The largest absolute Gasteiger partial charge is 0.454 e. The molecule has 2 aromatic carbocycles. The van der Waals surface area contributed by atoms with Crippen molar-refractivity contribution in [2.75, 3.05) is 31.6 Å². The molecule has 0 fully saturated rings. The minimum Gasteiger partial charge on any atom is -0.454 e. The summed E-state index contributed by atoms with van der Waals surface area (Å²) in [7, 11) is 1.64. The molecule has 0 saturated carbocycles. The fraction of sp³-hybridized carbons (Fsp3) is 0.250. The number of carbonyl (C=O) groups excluding carboxylic acids is 2. The molecule has 0 unspecified atom stereocenters. The summed E-state index contributed by atoms with van der Waals surface area (Å²) in [6.07, 6.45) is 0. The van der Waals surface area contributed by atoms with Crippen LogP contribution in [0.1, 0.15) is 0 Å². The zero-order valence-corrected chi connectivity index (χ0v) is 17.0. The summed E-state index contributed by atoms with van der Waals surface area (Å²) in [5.74, 6) is 0.781. The number of benzene rings is 2. The van der Waals surface area contributed by atoms with E-state index >= 15 is 0 Å². The van der Waals surface area contributed by atoms with Crippen LogP contribution in [0.4, 0.5) is 10.5 Å². The van der Waals surface area contributed by atoms with Gasteiger partial charge in [0.2, 0.25) is 12.7 Å². The van der Waals surface area contributed by atoms with E-state index in [0.29, 0.717) is 35.5 Å². The van der Waals surface area contributed by atoms with Gasteiger partial charge in [0.15, 0.2) is 16.7 Å². The third kappa shape index (κ3) is 4.50. The van der Waals surface area contributed by atoms with E-state index in [9.17, 15) is 9.59 Å². The van der Waals surface area contributed by atoms with Crippen LogP contribution in [0.25, 0.3) is 11.0 Å². The molecule has 0 atom stereocenters. The molecule has 4 rings (SSSR count). The number of hydrogen-bond donors (Lipinski definition) is 2. The van der Waals surface area contributed by atoms with E-state index in [2.05, 4.69) is 15.6 Å². The molecule has 156 valence electrons. The lowest BCUT2D eigenvalue weighted by Gasteiger charge is -2.09. The van der Waals surface area contributed by atoms with Gasteiger partial charge in [-0.1, -0.05) is 23.9 Å². The second-order valence-corrected chi connectivity index (χ2v) is 7.33. The predicted molar refractivity (Wildman–Crippen MR) is 112 cm³/mol. The zero-order valence-electron chi connectivity index (χ0n) is 16.2. The number of nitrogens with one attached hydrogen (secondary N) is 2. The van der Waals surface area contributed by atoms with Gasteiger partial charge < -0.3 is 24.1 Å². The molecule has 1 aliphatic heterocycles. The lowest BCUT2D eigenvalue weighted by atomic mass is 10.3. The standard InChI is InChI=1S/C20H20N4O5S/c1-27-9-8-24-15-5-3-2-4-14(15)22-20(24)30-11-18(25)23-19(26)21-13-6-7-16-17(10-13)29-12-28-16/h2-7,10H,8-9,11-12H2,1H3,(H2,21,23,25,26). The van der Waals surface area contributed by atoms with Crippen LogP contribution < -0.4 is 20.1 Å². The summed E-state index contributed by atoms with van der Waals surface area (Å²) >= 11 is 1.26. The van der Waals surface area contributed by atoms with Gasteiger partial charge in [0.25, 0.3) is 0 Å². The molecule has 9 nitrogen and oxygen atoms in total. The number of nitrogens with zero attached hydrogens (tertiary/aromatic N) is 2. The minimum absolute atomic E-state index is 0.0465. The van der Waals surface area contributed by atoms with E-state index in [4.69, 9.17) is 14.2 Å². The quantitative estimate of drug-likeness (QED) is 0.558. The fourth-order valence-corrected chi connectivity index (χ4v) is 3.83. The number of hydrogen-bond acceptors (Lipinski definition) is 7. The number of para-hydroxylation sites is 2. The number of ether oxygens (including phenoxy) is 3. The summed E-state index contributed by atoms with van der Waals surface area (Å²) in [6.45, 7) is 1.29. The van der Waals surface area contributed by atoms with Crippen LogP contribution in [0.15, 0.2) is 47.6 Å². The summed E-state index contributed by atoms with van der Waals surface area (Å²) in [5.41, 5.74) is 2.31. The number of urea groups is 1. The van der Waals surface area contributed by atoms with Gasteiger partial charge >= 0.3 is 6.03 Å². The molecule has 10 heteroatoms. The second kappa shape index (κ2) is 9.06. The van der Waals surface area contributed by atoms with Gasteiger partial charge in [-0.3, -0.25) is 10.1 Å². The number of aromatic nitrogens is 2. The molecule has 0 radical (unpaired) electrons. The van der Waals surface area contributed by atoms with Gasteiger partial charge in [-0.25, -0.2) is 9.78 Å². The highest BCUT2D eigenvalue weighted by Gasteiger charge is 2.16. The van der Waals surface area contributed by atoms with E-state index in [-0.39, 0.29) is 12.5 Å². The zero-order chi connectivity index (χ0) is 20.9. The van der Waals surface area contributed by atoms with Crippen molar-refractivity contribution in [3.63, 3.8) is 0 Å². The molecule has 3 aromatic rings. The highest BCUT2D eigenvalue weighted by atomic mass is 32.2. The van der Waals surface area contributed by atoms with E-state index < -0.39 is 11.9 Å². The number of amides is 3. The van der Waals surface area contributed by atoms with Crippen molar-refractivity contribution >= 4 is 40.4 Å². The highest BCUT2D eigenvalue weighted by molar-refractivity contribution is 7.99. The van der Waals surface area contributed by atoms with Crippen molar-refractivity contribution in [1.82, 2.24) is 14.9 Å². The molecule has 0 spiro atoms. The Morgan fingerprint density at radius 1 is 1.20 bits per heavy atom. The fourth-order valence-electron chi connectivity index (χ4n) is 2.99. The van der Waals surface area contributed by atoms with Gasteiger partial charge in [0.1, 0.15) is 0 Å². The number of imide groups is 1. The van der Waals surface area contributed by atoms with Gasteiger partial charge in [0.05, 0.1) is 23.4 Å². The summed E-state index contributed by atoms with van der Waals surface area (Å²) < 4.78 is 17.7. The molecule has 3 amide bonds. The first kappa shape index (κ1) is 20.0. The molecular weight excluding hydrogens is 408 g/mol. The summed E-state index contributed by atoms with van der Waals surface area (Å²) in [5, 5.41) is 5.62. The maximum absolute atomic E-state index is 12.2. The average Bonchev–Trinajstić information content (AvgIpc) is 3.34. The van der Waals surface area contributed by atoms with Crippen LogP contribution in [0.3, 0.4) is 0 Å². The molecule has 0 saturated heterocycles. The van der Waals surface area contributed by atoms with Gasteiger partial charge in [-0.15, -0.1) is 0 Å². The van der Waals surface area contributed by atoms with Crippen LogP contribution in [-0.2, 0) is 16.1 Å². The van der Waals surface area contributed by atoms with E-state index in [0.717, 1.165) is 11.0 Å². The topological polar surface area (TPSA) is 104 Å². The smallest absolute Gasteiger partial charge is 0.325 e. The minimum atomic E-state index is -0.618. The van der Waals surface area contributed by atoms with Crippen molar-refractivity contribution in [2.24, 2.45) is 0 Å². The number of imidazole rings is 1. The maximum Gasteiger partial charge on any atom is 0.325 e. The summed E-state index contributed by atoms with van der Waals surface area (Å²) in [4.78, 5) is 28.9. The molecule has 0 bridgehead atoms. The van der Waals surface area contributed by atoms with Crippen LogP contribution in [0.5, 0.6) is 11.5 Å². The average molecular weight is 428 g/mol. The molecule has 2 N–H and O–H groups in total. The lowest BCUT2D eigenvalue weighted by Crippen LogP contribution is -2.35. The van der Waals surface area contributed by atoms with Crippen molar-refractivity contribution < 1.29 is 23.8 Å². The van der Waals surface area contributed by atoms with E-state index in [1.165, 1.54) is 11.8 Å². The molecule has 0 aliphatic carbocycles. The maximum atomic E-state index is 12.2. The van der Waals surface area contributed by atoms with Crippen molar-refractivity contribution in [3.8, 4) is 11.5 Å². The number of methoxy groups -OCH3 is 1. The van der Waals surface area contributed by atoms with Gasteiger partial charge in [-0.2, -0.15) is 0 Å². The van der Waals surface area contributed by atoms with Crippen molar-refractivity contribution in [3.05, 3.63) is 42.5 Å². The number of fused-ring (bicyclic) bond motifs is 2. The number of rotatable bonds is 7. The normalized spacial score (nSPS) is 12.2. The first-order valence-electron chi connectivity index (χ1n) is 9.21. The Labute approximate surface area is 176 Å². The number of carbonyl (C=O) groups is 2.